The first-order valence-electron chi connectivity index (χ1n) is 5.40. The maximum Gasteiger partial charge on any atom is 0.154 e. The normalized spacial score (nSPS) is 41.9. The van der Waals surface area contributed by atoms with Crippen LogP contribution in [0.3, 0.4) is 0 Å². The van der Waals surface area contributed by atoms with Crippen LogP contribution in [0.25, 0.3) is 0 Å². The van der Waals surface area contributed by atoms with Crippen LogP contribution < -0.4 is 10.6 Å². The lowest BCUT2D eigenvalue weighted by atomic mass is 9.89. The van der Waals surface area contributed by atoms with Crippen LogP contribution >= 0.6 is 0 Å². The molecule has 1 atom stereocenters. The molecule has 2 N–H and O–H groups in total. The van der Waals surface area contributed by atoms with Crippen molar-refractivity contribution in [3.05, 3.63) is 0 Å². The molecule has 6 heteroatoms. The highest BCUT2D eigenvalue weighted by atomic mass is 32.2. The molecule has 5 nitrogen and oxygen atoms in total. The zero-order chi connectivity index (χ0) is 10.6. The summed E-state index contributed by atoms with van der Waals surface area (Å²) in [5.74, 6) is 0.394. The average molecular weight is 232 g/mol. The summed E-state index contributed by atoms with van der Waals surface area (Å²) in [5, 5.41) is 6.44. The van der Waals surface area contributed by atoms with Crippen molar-refractivity contribution in [2.24, 2.45) is 0 Å². The van der Waals surface area contributed by atoms with Crippen molar-refractivity contribution in [2.75, 3.05) is 31.1 Å². The van der Waals surface area contributed by atoms with Gasteiger partial charge >= 0.3 is 0 Å². The Hall–Kier alpha value is -0.170. The molecule has 0 aromatic heterocycles. The van der Waals surface area contributed by atoms with E-state index in [-0.39, 0.29) is 17.1 Å². The quantitative estimate of drug-likeness (QED) is 0.552. The van der Waals surface area contributed by atoms with Gasteiger partial charge < -0.3 is 10.1 Å². The van der Waals surface area contributed by atoms with Crippen molar-refractivity contribution >= 4 is 9.84 Å². The highest BCUT2D eigenvalue weighted by molar-refractivity contribution is 7.91. The predicted octanol–water partition coefficient (Wildman–Crippen LogP) is -1.15. The monoisotopic (exact) mass is 232 g/mol. The van der Waals surface area contributed by atoms with Crippen molar-refractivity contribution in [1.29, 1.82) is 0 Å². The zero-order valence-electron chi connectivity index (χ0n) is 8.58. The van der Waals surface area contributed by atoms with Gasteiger partial charge in [0.1, 0.15) is 5.72 Å². The minimum Gasteiger partial charge on any atom is -0.350 e. The third-order valence-corrected chi connectivity index (χ3v) is 5.34. The Morgan fingerprint density at radius 1 is 1.20 bits per heavy atom. The van der Waals surface area contributed by atoms with Crippen LogP contribution in [0.2, 0.25) is 0 Å². The summed E-state index contributed by atoms with van der Waals surface area (Å²) in [6, 6.07) is 0. The molecule has 3 heterocycles. The Bertz CT molecular complexity index is 377. The van der Waals surface area contributed by atoms with Gasteiger partial charge in [0.25, 0.3) is 0 Å². The standard InChI is InChI=1S/C9H16N2O3S/c12-15(13)4-2-9(7-15)11-3-1-8(14-9)5-10-6-8/h10-11H,1-7H2. The second kappa shape index (κ2) is 2.94. The summed E-state index contributed by atoms with van der Waals surface area (Å²) in [4.78, 5) is 0. The van der Waals surface area contributed by atoms with E-state index in [1.165, 1.54) is 0 Å². The van der Waals surface area contributed by atoms with Crippen molar-refractivity contribution < 1.29 is 13.2 Å². The Balaban J connectivity index is 1.82. The maximum atomic E-state index is 11.5. The number of hydrogen-bond donors (Lipinski definition) is 2. The predicted molar refractivity (Wildman–Crippen MR) is 55.3 cm³/mol. The van der Waals surface area contributed by atoms with Gasteiger partial charge in [-0.1, -0.05) is 0 Å². The number of sulfone groups is 1. The minimum atomic E-state index is -2.90. The molecule has 3 aliphatic heterocycles. The maximum absolute atomic E-state index is 11.5. The SMILES string of the molecule is O=S1(=O)CCC2(C1)NCCC1(CNC1)O2. The first-order valence-corrected chi connectivity index (χ1v) is 7.22. The second-order valence-corrected chi connectivity index (χ2v) is 7.09. The van der Waals surface area contributed by atoms with Crippen molar-refractivity contribution in [3.63, 3.8) is 0 Å². The van der Waals surface area contributed by atoms with E-state index in [1.54, 1.807) is 0 Å². The summed E-state index contributed by atoms with van der Waals surface area (Å²) >= 11 is 0. The molecule has 86 valence electrons. The molecule has 0 radical (unpaired) electrons. The van der Waals surface area contributed by atoms with E-state index >= 15 is 0 Å². The van der Waals surface area contributed by atoms with Crippen LogP contribution in [-0.2, 0) is 14.6 Å². The van der Waals surface area contributed by atoms with E-state index < -0.39 is 15.6 Å². The fourth-order valence-corrected chi connectivity index (χ4v) is 4.51. The molecule has 0 aromatic rings. The minimum absolute atomic E-state index is 0.0922. The van der Waals surface area contributed by atoms with Crippen LogP contribution in [0.15, 0.2) is 0 Å². The first-order chi connectivity index (χ1) is 7.04. The average Bonchev–Trinajstić information content (AvgIpc) is 2.39. The van der Waals surface area contributed by atoms with E-state index in [0.29, 0.717) is 6.42 Å². The van der Waals surface area contributed by atoms with Gasteiger partial charge in [-0.05, 0) is 6.42 Å². The summed E-state index contributed by atoms with van der Waals surface area (Å²) < 4.78 is 29.0. The fourth-order valence-electron chi connectivity index (χ4n) is 2.71. The molecular weight excluding hydrogens is 216 g/mol. The molecule has 15 heavy (non-hydrogen) atoms. The van der Waals surface area contributed by atoms with Crippen molar-refractivity contribution in [2.45, 2.75) is 24.2 Å². The molecule has 3 fully saturated rings. The van der Waals surface area contributed by atoms with E-state index in [4.69, 9.17) is 4.74 Å². The van der Waals surface area contributed by atoms with Crippen LogP contribution in [0.5, 0.6) is 0 Å². The van der Waals surface area contributed by atoms with Gasteiger partial charge in [0.15, 0.2) is 9.84 Å². The van der Waals surface area contributed by atoms with Crippen molar-refractivity contribution in [1.82, 2.24) is 10.6 Å². The first kappa shape index (κ1) is 10.0. The molecular formula is C9H16N2O3S. The van der Waals surface area contributed by atoms with E-state index in [2.05, 4.69) is 10.6 Å². The Morgan fingerprint density at radius 2 is 2.00 bits per heavy atom. The number of hydrogen-bond acceptors (Lipinski definition) is 5. The largest absolute Gasteiger partial charge is 0.350 e. The molecule has 0 aliphatic carbocycles. The number of rotatable bonds is 0. The lowest BCUT2D eigenvalue weighted by molar-refractivity contribution is -0.207. The highest BCUT2D eigenvalue weighted by Gasteiger charge is 2.53. The van der Waals surface area contributed by atoms with Gasteiger partial charge in [-0.15, -0.1) is 0 Å². The molecule has 1 unspecified atom stereocenters. The lowest BCUT2D eigenvalue weighted by Gasteiger charge is -2.52. The van der Waals surface area contributed by atoms with Gasteiger partial charge in [0.2, 0.25) is 0 Å². The lowest BCUT2D eigenvalue weighted by Crippen LogP contribution is -2.71. The molecule has 0 bridgehead atoms. The molecule has 3 aliphatic rings. The second-order valence-electron chi connectivity index (χ2n) is 4.90. The Labute approximate surface area is 89.5 Å². The third kappa shape index (κ3) is 1.60. The van der Waals surface area contributed by atoms with Crippen LogP contribution in [0.1, 0.15) is 12.8 Å². The summed E-state index contributed by atoms with van der Waals surface area (Å²) in [6.07, 6.45) is 1.57. The van der Waals surface area contributed by atoms with Gasteiger partial charge in [-0.2, -0.15) is 0 Å². The molecule has 3 rings (SSSR count). The van der Waals surface area contributed by atoms with Crippen LogP contribution in [-0.4, -0.2) is 50.9 Å². The summed E-state index contributed by atoms with van der Waals surface area (Å²) in [5.41, 5.74) is -0.676. The topological polar surface area (TPSA) is 67.4 Å². The van der Waals surface area contributed by atoms with Gasteiger partial charge in [-0.3, -0.25) is 5.32 Å². The summed E-state index contributed by atoms with van der Waals surface area (Å²) in [7, 11) is -2.90. The Kier molecular flexibility index (Phi) is 1.96. The van der Waals surface area contributed by atoms with Crippen LogP contribution in [0, 0.1) is 0 Å². The molecule has 3 saturated heterocycles. The van der Waals surface area contributed by atoms with Crippen molar-refractivity contribution in [3.8, 4) is 0 Å². The van der Waals surface area contributed by atoms with E-state index in [0.717, 1.165) is 26.1 Å². The van der Waals surface area contributed by atoms with E-state index in [1.807, 2.05) is 0 Å². The van der Waals surface area contributed by atoms with Gasteiger partial charge in [-0.25, -0.2) is 8.42 Å². The fraction of sp³-hybridized carbons (Fsp3) is 1.00. The Morgan fingerprint density at radius 3 is 2.53 bits per heavy atom. The molecule has 0 amide bonds. The highest BCUT2D eigenvalue weighted by Crippen LogP contribution is 2.36. The number of nitrogens with one attached hydrogen (secondary N) is 2. The van der Waals surface area contributed by atoms with Gasteiger partial charge in [0.05, 0.1) is 17.1 Å². The molecule has 0 aromatic carbocycles. The number of ether oxygens (including phenoxy) is 1. The van der Waals surface area contributed by atoms with Crippen LogP contribution in [0.4, 0.5) is 0 Å². The smallest absolute Gasteiger partial charge is 0.154 e. The van der Waals surface area contributed by atoms with E-state index in [9.17, 15) is 8.42 Å². The summed E-state index contributed by atoms with van der Waals surface area (Å²) in [6.45, 7) is 2.57. The third-order valence-electron chi connectivity index (χ3n) is 3.60. The molecule has 0 saturated carbocycles. The molecule has 2 spiro atoms. The zero-order valence-corrected chi connectivity index (χ0v) is 9.40. The van der Waals surface area contributed by atoms with Gasteiger partial charge in [0, 0.05) is 26.1 Å².